The number of hydrogen-bond acceptors (Lipinski definition) is 4. The summed E-state index contributed by atoms with van der Waals surface area (Å²) in [7, 11) is 0. The Hall–Kier alpha value is -1.82. The number of nitrogens with zero attached hydrogens (tertiary/aromatic N) is 2. The monoisotopic (exact) mass is 266 g/mol. The van der Waals surface area contributed by atoms with Gasteiger partial charge in [-0.15, -0.1) is 0 Å². The molecule has 1 aromatic carbocycles. The number of aromatic nitrogens is 2. The van der Waals surface area contributed by atoms with E-state index < -0.39 is 23.0 Å². The number of benzene rings is 1. The second-order valence-corrected chi connectivity index (χ2v) is 4.35. The fourth-order valence-electron chi connectivity index (χ4n) is 1.34. The first kappa shape index (κ1) is 12.6. The Labute approximate surface area is 106 Å². The van der Waals surface area contributed by atoms with Crippen LogP contribution in [0.15, 0.2) is 41.8 Å². The van der Waals surface area contributed by atoms with Gasteiger partial charge >= 0.3 is 0 Å². The van der Waals surface area contributed by atoms with Gasteiger partial charge in [-0.1, -0.05) is 17.8 Å². The second kappa shape index (κ2) is 5.68. The van der Waals surface area contributed by atoms with Crippen molar-refractivity contribution < 1.29 is 13.6 Å². The Morgan fingerprint density at radius 1 is 1.22 bits per heavy atom. The van der Waals surface area contributed by atoms with Crippen molar-refractivity contribution in [2.45, 2.75) is 5.03 Å². The van der Waals surface area contributed by atoms with Crippen LogP contribution in [0.5, 0.6) is 0 Å². The summed E-state index contributed by atoms with van der Waals surface area (Å²) in [6.45, 7) is 0. The molecule has 0 spiro atoms. The van der Waals surface area contributed by atoms with Crippen LogP contribution in [-0.4, -0.2) is 21.5 Å². The minimum Gasteiger partial charge on any atom is -0.293 e. The molecule has 0 aliphatic carbocycles. The summed E-state index contributed by atoms with van der Waals surface area (Å²) in [6, 6.07) is 3.34. The van der Waals surface area contributed by atoms with Gasteiger partial charge in [0.25, 0.3) is 0 Å². The Morgan fingerprint density at radius 3 is 2.56 bits per heavy atom. The number of thioether (sulfide) groups is 1. The molecule has 0 radical (unpaired) electrons. The van der Waals surface area contributed by atoms with Crippen molar-refractivity contribution in [2.75, 3.05) is 5.75 Å². The van der Waals surface area contributed by atoms with E-state index in [4.69, 9.17) is 0 Å². The van der Waals surface area contributed by atoms with E-state index in [2.05, 4.69) is 9.97 Å². The van der Waals surface area contributed by atoms with Crippen molar-refractivity contribution in [3.63, 3.8) is 0 Å². The fraction of sp³-hybridized carbons (Fsp3) is 0.0833. The van der Waals surface area contributed by atoms with Crippen LogP contribution in [0.3, 0.4) is 0 Å². The molecule has 6 heteroatoms. The minimum atomic E-state index is -0.847. The lowest BCUT2D eigenvalue weighted by atomic mass is 10.1. The van der Waals surface area contributed by atoms with Crippen LogP contribution in [-0.2, 0) is 0 Å². The van der Waals surface area contributed by atoms with Crippen molar-refractivity contribution in [3.8, 4) is 0 Å². The van der Waals surface area contributed by atoms with Gasteiger partial charge in [0.15, 0.2) is 5.78 Å². The van der Waals surface area contributed by atoms with E-state index in [-0.39, 0.29) is 5.75 Å². The smallest absolute Gasteiger partial charge is 0.179 e. The standard InChI is InChI=1S/C12H8F2N2OS/c13-8-2-1-3-9(14)12(8)10(17)7-18-11-6-15-4-5-16-11/h1-6H,7H2. The molecule has 1 aromatic heterocycles. The zero-order valence-electron chi connectivity index (χ0n) is 9.14. The molecule has 0 aliphatic rings. The van der Waals surface area contributed by atoms with Crippen molar-refractivity contribution in [3.05, 3.63) is 54.0 Å². The Balaban J connectivity index is 2.09. The summed E-state index contributed by atoms with van der Waals surface area (Å²) in [4.78, 5) is 19.5. The third kappa shape index (κ3) is 2.89. The molecule has 1 heterocycles. The zero-order chi connectivity index (χ0) is 13.0. The molecule has 2 aromatic rings. The Bertz CT molecular complexity index is 543. The molecule has 3 nitrogen and oxygen atoms in total. The number of ketones is 1. The van der Waals surface area contributed by atoms with E-state index in [0.717, 1.165) is 23.9 Å². The lowest BCUT2D eigenvalue weighted by molar-refractivity contribution is 0.101. The second-order valence-electron chi connectivity index (χ2n) is 3.35. The van der Waals surface area contributed by atoms with Crippen LogP contribution < -0.4 is 0 Å². The number of rotatable bonds is 4. The average molecular weight is 266 g/mol. The molecule has 2 rings (SSSR count). The highest BCUT2D eigenvalue weighted by Gasteiger charge is 2.17. The maximum Gasteiger partial charge on any atom is 0.179 e. The highest BCUT2D eigenvalue weighted by Crippen LogP contribution is 2.18. The number of hydrogen-bond donors (Lipinski definition) is 0. The SMILES string of the molecule is O=C(CSc1cnccn1)c1c(F)cccc1F. The highest BCUT2D eigenvalue weighted by molar-refractivity contribution is 7.99. The summed E-state index contributed by atoms with van der Waals surface area (Å²) >= 11 is 1.08. The van der Waals surface area contributed by atoms with E-state index in [1.807, 2.05) is 0 Å². The normalized spacial score (nSPS) is 10.3. The van der Waals surface area contributed by atoms with Crippen LogP contribution in [0.4, 0.5) is 8.78 Å². The molecule has 0 amide bonds. The van der Waals surface area contributed by atoms with Crippen molar-refractivity contribution >= 4 is 17.5 Å². The highest BCUT2D eigenvalue weighted by atomic mass is 32.2. The predicted octanol–water partition coefficient (Wildman–Crippen LogP) is 2.73. The molecule has 92 valence electrons. The topological polar surface area (TPSA) is 42.9 Å². The molecule has 0 unspecified atom stereocenters. The first-order chi connectivity index (χ1) is 8.68. The quantitative estimate of drug-likeness (QED) is 0.630. The third-order valence-corrected chi connectivity index (χ3v) is 3.05. The molecule has 18 heavy (non-hydrogen) atoms. The number of carbonyl (C=O) groups is 1. The Morgan fingerprint density at radius 2 is 1.94 bits per heavy atom. The van der Waals surface area contributed by atoms with E-state index >= 15 is 0 Å². The summed E-state index contributed by atoms with van der Waals surface area (Å²) in [5, 5.41) is 0.530. The van der Waals surface area contributed by atoms with E-state index in [9.17, 15) is 13.6 Å². The van der Waals surface area contributed by atoms with Gasteiger partial charge in [-0.3, -0.25) is 9.78 Å². The lowest BCUT2D eigenvalue weighted by Gasteiger charge is -2.03. The maximum absolute atomic E-state index is 13.3. The van der Waals surface area contributed by atoms with Crippen molar-refractivity contribution in [1.29, 1.82) is 0 Å². The first-order valence-electron chi connectivity index (χ1n) is 5.04. The first-order valence-corrected chi connectivity index (χ1v) is 6.03. The van der Waals surface area contributed by atoms with E-state index in [1.54, 1.807) is 0 Å². The van der Waals surface area contributed by atoms with Gasteiger partial charge in [-0.05, 0) is 12.1 Å². The maximum atomic E-state index is 13.3. The Kier molecular flexibility index (Phi) is 3.99. The van der Waals surface area contributed by atoms with Gasteiger partial charge in [0.1, 0.15) is 16.7 Å². The van der Waals surface area contributed by atoms with Crippen LogP contribution >= 0.6 is 11.8 Å². The van der Waals surface area contributed by atoms with Gasteiger partial charge < -0.3 is 0 Å². The fourth-order valence-corrected chi connectivity index (χ4v) is 2.03. The lowest BCUT2D eigenvalue weighted by Crippen LogP contribution is -2.08. The van der Waals surface area contributed by atoms with Gasteiger partial charge in [0.2, 0.25) is 0 Å². The van der Waals surface area contributed by atoms with Gasteiger partial charge in [0.05, 0.1) is 17.5 Å². The molecule has 0 aliphatic heterocycles. The summed E-state index contributed by atoms with van der Waals surface area (Å²) in [5.41, 5.74) is -0.506. The summed E-state index contributed by atoms with van der Waals surface area (Å²) in [6.07, 6.45) is 4.47. The van der Waals surface area contributed by atoms with Gasteiger partial charge in [0, 0.05) is 12.4 Å². The predicted molar refractivity (Wildman–Crippen MR) is 63.4 cm³/mol. The van der Waals surface area contributed by atoms with Crippen LogP contribution in [0.25, 0.3) is 0 Å². The molecular formula is C12H8F2N2OS. The van der Waals surface area contributed by atoms with E-state index in [0.29, 0.717) is 5.03 Å². The van der Waals surface area contributed by atoms with Gasteiger partial charge in [-0.25, -0.2) is 13.8 Å². The molecule has 0 atom stereocenters. The number of halogens is 2. The largest absolute Gasteiger partial charge is 0.293 e. The van der Waals surface area contributed by atoms with Crippen LogP contribution in [0.2, 0.25) is 0 Å². The number of Topliss-reactive ketones (excluding diaryl/α,β-unsaturated/α-hetero) is 1. The van der Waals surface area contributed by atoms with Crippen molar-refractivity contribution in [2.24, 2.45) is 0 Å². The molecule has 0 bridgehead atoms. The molecule has 0 saturated carbocycles. The molecule has 0 N–H and O–H groups in total. The average Bonchev–Trinajstić information content (AvgIpc) is 2.37. The molecular weight excluding hydrogens is 258 g/mol. The molecule has 0 saturated heterocycles. The van der Waals surface area contributed by atoms with Crippen molar-refractivity contribution in [1.82, 2.24) is 9.97 Å². The zero-order valence-corrected chi connectivity index (χ0v) is 9.95. The number of carbonyl (C=O) groups excluding carboxylic acids is 1. The van der Waals surface area contributed by atoms with E-state index in [1.165, 1.54) is 24.7 Å². The third-order valence-electron chi connectivity index (χ3n) is 2.13. The summed E-state index contributed by atoms with van der Waals surface area (Å²) in [5.74, 6) is -2.39. The summed E-state index contributed by atoms with van der Waals surface area (Å²) < 4.78 is 26.7. The molecule has 0 fully saturated rings. The van der Waals surface area contributed by atoms with Crippen LogP contribution in [0, 0.1) is 11.6 Å². The minimum absolute atomic E-state index is 0.0868. The van der Waals surface area contributed by atoms with Crippen LogP contribution in [0.1, 0.15) is 10.4 Å². The van der Waals surface area contributed by atoms with Gasteiger partial charge in [-0.2, -0.15) is 0 Å².